The molecule has 0 radical (unpaired) electrons. The maximum absolute atomic E-state index is 14.1. The van der Waals surface area contributed by atoms with Crippen LogP contribution >= 0.6 is 34.9 Å². The first-order chi connectivity index (χ1) is 15.9. The Morgan fingerprint density at radius 2 is 2.21 bits per heavy atom. The fourth-order valence-electron chi connectivity index (χ4n) is 2.98. The van der Waals surface area contributed by atoms with Gasteiger partial charge in [-0.2, -0.15) is 4.39 Å². The summed E-state index contributed by atoms with van der Waals surface area (Å²) in [6.45, 7) is 0. The largest absolute Gasteiger partial charge is 0.477 e. The molecule has 0 spiro atoms. The number of thioether (sulfide) groups is 2. The van der Waals surface area contributed by atoms with Crippen LogP contribution in [0.5, 0.6) is 0 Å². The standard InChI is InChI=1S/C17H18FN5O7S4/c1-30-22-9(8-12(18)33-17(19)21-8)13(24)20-10-14(25)23-11(16(26)27)7(6-32-15(10)23)31-4-3-5-34(2,28)29/h3-4,10,15H,5-6H2,1-2H3,(H2,19,21)(H,20,24)(H,26,27)/b4-3-,22-9-/t10?,15-/m1/s1. The highest BCUT2D eigenvalue weighted by molar-refractivity contribution is 8.08. The molecular weight excluding hydrogens is 533 g/mol. The number of oxime groups is 1. The Hall–Kier alpha value is -2.63. The van der Waals surface area contributed by atoms with E-state index in [2.05, 4.69) is 20.3 Å². The lowest BCUT2D eigenvalue weighted by molar-refractivity contribution is -0.150. The van der Waals surface area contributed by atoms with E-state index < -0.39 is 55.6 Å². The van der Waals surface area contributed by atoms with Gasteiger partial charge >= 0.3 is 5.97 Å². The van der Waals surface area contributed by atoms with E-state index in [9.17, 15) is 32.3 Å². The zero-order chi connectivity index (χ0) is 25.2. The molecule has 34 heavy (non-hydrogen) atoms. The molecule has 0 bridgehead atoms. The number of carboxylic acid groups (broad SMARTS) is 1. The number of halogens is 1. The lowest BCUT2D eigenvalue weighted by atomic mass is 10.0. The third-order valence-electron chi connectivity index (χ3n) is 4.35. The third-order valence-corrected chi connectivity index (χ3v) is 8.24. The van der Waals surface area contributed by atoms with Gasteiger partial charge in [0.15, 0.2) is 20.7 Å². The minimum Gasteiger partial charge on any atom is -0.477 e. The molecule has 1 fully saturated rings. The van der Waals surface area contributed by atoms with Gasteiger partial charge in [-0.15, -0.1) is 11.8 Å². The van der Waals surface area contributed by atoms with Gasteiger partial charge in [0.2, 0.25) is 5.13 Å². The van der Waals surface area contributed by atoms with Gasteiger partial charge in [0.1, 0.15) is 29.9 Å². The fraction of sp³-hybridized carbons (Fsp3) is 0.353. The number of aliphatic carboxylic acids is 1. The summed E-state index contributed by atoms with van der Waals surface area (Å²) in [7, 11) is -2.08. The van der Waals surface area contributed by atoms with Gasteiger partial charge in [-0.3, -0.25) is 14.5 Å². The van der Waals surface area contributed by atoms with Gasteiger partial charge in [0.25, 0.3) is 11.8 Å². The van der Waals surface area contributed by atoms with Crippen LogP contribution in [0, 0.1) is 5.13 Å². The van der Waals surface area contributed by atoms with Gasteiger partial charge in [-0.05, 0) is 5.41 Å². The SMILES string of the molecule is CO/N=C(\C(=O)NC1C(=O)N2C(C(=O)O)=C(S/C=C\CS(C)(=O)=O)CS[C@H]12)c1nc(N)sc1F. The van der Waals surface area contributed by atoms with Crippen LogP contribution < -0.4 is 11.1 Å². The summed E-state index contributed by atoms with van der Waals surface area (Å²) in [6.07, 6.45) is 2.45. The topological polar surface area (TPSA) is 181 Å². The van der Waals surface area contributed by atoms with Crippen LogP contribution in [0.3, 0.4) is 0 Å². The van der Waals surface area contributed by atoms with Crippen molar-refractivity contribution in [1.82, 2.24) is 15.2 Å². The van der Waals surface area contributed by atoms with Crippen LogP contribution in [0.25, 0.3) is 0 Å². The number of aromatic nitrogens is 1. The van der Waals surface area contributed by atoms with E-state index in [0.717, 1.165) is 30.0 Å². The molecule has 17 heteroatoms. The highest BCUT2D eigenvalue weighted by Gasteiger charge is 2.54. The van der Waals surface area contributed by atoms with Crippen molar-refractivity contribution in [3.05, 3.63) is 32.9 Å². The summed E-state index contributed by atoms with van der Waals surface area (Å²) in [5.41, 5.74) is 4.24. The summed E-state index contributed by atoms with van der Waals surface area (Å²) in [4.78, 5) is 47.0. The van der Waals surface area contributed by atoms with E-state index in [1.54, 1.807) is 0 Å². The highest BCUT2D eigenvalue weighted by atomic mass is 32.2. The molecule has 1 saturated heterocycles. The molecule has 1 aromatic heterocycles. The van der Waals surface area contributed by atoms with E-state index in [-0.39, 0.29) is 22.3 Å². The number of β-lactam (4-membered cyclic amide) rings is 1. The van der Waals surface area contributed by atoms with Crippen LogP contribution in [-0.4, -0.2) is 83.2 Å². The van der Waals surface area contributed by atoms with Crippen molar-refractivity contribution < 1.29 is 37.1 Å². The Bertz CT molecular complexity index is 1230. The number of nitrogens with two attached hydrogens (primary N) is 1. The number of nitrogen functional groups attached to an aromatic ring is 1. The normalized spacial score (nSPS) is 20.9. The van der Waals surface area contributed by atoms with Crippen molar-refractivity contribution in [2.75, 3.05) is 30.6 Å². The Kier molecular flexibility index (Phi) is 7.89. The quantitative estimate of drug-likeness (QED) is 0.217. The molecule has 0 saturated carbocycles. The van der Waals surface area contributed by atoms with E-state index in [1.807, 2.05) is 0 Å². The fourth-order valence-corrected chi connectivity index (χ4v) is 6.43. The van der Waals surface area contributed by atoms with E-state index >= 15 is 0 Å². The monoisotopic (exact) mass is 551 g/mol. The Labute approximate surface area is 205 Å². The van der Waals surface area contributed by atoms with Crippen LogP contribution in [0.15, 0.2) is 27.2 Å². The highest BCUT2D eigenvalue weighted by Crippen LogP contribution is 2.43. The Balaban J connectivity index is 1.77. The number of anilines is 1. The summed E-state index contributed by atoms with van der Waals surface area (Å²) >= 11 is 2.71. The predicted octanol–water partition coefficient (Wildman–Crippen LogP) is 0.203. The number of carboxylic acids is 1. The average Bonchev–Trinajstić information content (AvgIpc) is 3.09. The van der Waals surface area contributed by atoms with Crippen molar-refractivity contribution in [2.24, 2.45) is 5.16 Å². The van der Waals surface area contributed by atoms with Gasteiger partial charge in [0.05, 0.1) is 5.75 Å². The number of sulfone groups is 1. The minimum atomic E-state index is -3.22. The smallest absolute Gasteiger partial charge is 0.353 e. The Morgan fingerprint density at radius 1 is 1.50 bits per heavy atom. The zero-order valence-corrected chi connectivity index (χ0v) is 20.8. The number of thiazole rings is 1. The van der Waals surface area contributed by atoms with E-state index in [0.29, 0.717) is 16.2 Å². The second-order valence-electron chi connectivity index (χ2n) is 6.82. The van der Waals surface area contributed by atoms with Crippen LogP contribution in [-0.2, 0) is 29.1 Å². The molecule has 0 aliphatic carbocycles. The van der Waals surface area contributed by atoms with Crippen LogP contribution in [0.4, 0.5) is 9.52 Å². The molecule has 0 aromatic carbocycles. The van der Waals surface area contributed by atoms with Gasteiger partial charge < -0.3 is 21.0 Å². The molecule has 4 N–H and O–H groups in total. The summed E-state index contributed by atoms with van der Waals surface area (Å²) in [5, 5.41) is 15.3. The molecule has 2 aliphatic rings. The van der Waals surface area contributed by atoms with Crippen molar-refractivity contribution in [3.63, 3.8) is 0 Å². The van der Waals surface area contributed by atoms with Crippen molar-refractivity contribution in [2.45, 2.75) is 11.4 Å². The van der Waals surface area contributed by atoms with E-state index in [1.165, 1.54) is 23.2 Å². The minimum absolute atomic E-state index is 0.135. The lowest BCUT2D eigenvalue weighted by Crippen LogP contribution is -2.71. The number of amides is 2. The second kappa shape index (κ2) is 10.3. The van der Waals surface area contributed by atoms with Gasteiger partial charge in [0, 0.05) is 16.9 Å². The molecular formula is C17H18FN5O7S4. The number of fused-ring (bicyclic) bond motifs is 1. The molecule has 2 amide bonds. The third kappa shape index (κ3) is 5.53. The molecule has 3 heterocycles. The molecule has 184 valence electrons. The average molecular weight is 552 g/mol. The molecule has 2 atom stereocenters. The number of rotatable bonds is 9. The van der Waals surface area contributed by atoms with Crippen molar-refractivity contribution in [1.29, 1.82) is 0 Å². The molecule has 2 aliphatic heterocycles. The number of carbonyl (C=O) groups excluding carboxylic acids is 2. The first-order valence-electron chi connectivity index (χ1n) is 9.19. The molecule has 1 unspecified atom stereocenters. The second-order valence-corrected chi connectivity index (χ2v) is 12.1. The van der Waals surface area contributed by atoms with Crippen molar-refractivity contribution in [3.8, 4) is 0 Å². The Morgan fingerprint density at radius 3 is 2.76 bits per heavy atom. The molecule has 3 rings (SSSR count). The first kappa shape index (κ1) is 26.0. The van der Waals surface area contributed by atoms with Crippen molar-refractivity contribution >= 4 is 73.3 Å². The van der Waals surface area contributed by atoms with Gasteiger partial charge in [-0.1, -0.05) is 34.3 Å². The summed E-state index contributed by atoms with van der Waals surface area (Å²) in [5.74, 6) is -2.99. The molecule has 1 aromatic rings. The number of carbonyl (C=O) groups is 3. The first-order valence-corrected chi connectivity index (χ1v) is 14.0. The number of nitrogens with zero attached hydrogens (tertiary/aromatic N) is 3. The predicted molar refractivity (Wildman–Crippen MR) is 126 cm³/mol. The number of hydrogen-bond donors (Lipinski definition) is 3. The number of hydrogen-bond acceptors (Lipinski definition) is 12. The zero-order valence-electron chi connectivity index (χ0n) is 17.6. The maximum Gasteiger partial charge on any atom is 0.353 e. The summed E-state index contributed by atoms with van der Waals surface area (Å²) in [6, 6.07) is -1.10. The lowest BCUT2D eigenvalue weighted by Gasteiger charge is -2.49. The van der Waals surface area contributed by atoms with Gasteiger partial charge in [-0.25, -0.2) is 18.2 Å². The number of nitrogens with one attached hydrogen (secondary N) is 1. The maximum atomic E-state index is 14.1. The molecule has 12 nitrogen and oxygen atoms in total. The van der Waals surface area contributed by atoms with Crippen LogP contribution in [0.1, 0.15) is 5.69 Å². The van der Waals surface area contributed by atoms with Crippen LogP contribution in [0.2, 0.25) is 0 Å². The van der Waals surface area contributed by atoms with E-state index in [4.69, 9.17) is 5.73 Å². The summed E-state index contributed by atoms with van der Waals surface area (Å²) < 4.78 is 36.5.